The SMILES string of the molecule is C=CCNC(=S)N1CCNC(=O)[C@H]1CC(=O)N1CCN(c2ccccc2)CC1. The normalized spacial score (nSPS) is 19.8. The second kappa shape index (κ2) is 9.54. The first kappa shape index (κ1) is 20.1. The summed E-state index contributed by atoms with van der Waals surface area (Å²) >= 11 is 5.40. The molecule has 150 valence electrons. The van der Waals surface area contributed by atoms with Gasteiger partial charge in [-0.1, -0.05) is 24.3 Å². The number of nitrogens with zero attached hydrogens (tertiary/aromatic N) is 3. The second-order valence-corrected chi connectivity index (χ2v) is 7.27. The first-order valence-corrected chi connectivity index (χ1v) is 10.0. The molecule has 0 bridgehead atoms. The van der Waals surface area contributed by atoms with E-state index >= 15 is 0 Å². The van der Waals surface area contributed by atoms with Crippen molar-refractivity contribution in [1.29, 1.82) is 0 Å². The van der Waals surface area contributed by atoms with E-state index in [0.717, 1.165) is 13.1 Å². The summed E-state index contributed by atoms with van der Waals surface area (Å²) < 4.78 is 0. The predicted molar refractivity (Wildman–Crippen MR) is 114 cm³/mol. The van der Waals surface area contributed by atoms with Gasteiger partial charge >= 0.3 is 0 Å². The number of para-hydroxylation sites is 1. The largest absolute Gasteiger partial charge is 0.368 e. The quantitative estimate of drug-likeness (QED) is 0.556. The minimum Gasteiger partial charge on any atom is -0.368 e. The van der Waals surface area contributed by atoms with Crippen LogP contribution in [0.3, 0.4) is 0 Å². The maximum absolute atomic E-state index is 12.9. The van der Waals surface area contributed by atoms with E-state index < -0.39 is 6.04 Å². The van der Waals surface area contributed by atoms with Crippen LogP contribution in [0.25, 0.3) is 0 Å². The van der Waals surface area contributed by atoms with E-state index in [4.69, 9.17) is 12.2 Å². The minimum absolute atomic E-state index is 0.00807. The van der Waals surface area contributed by atoms with Crippen molar-refractivity contribution in [3.63, 3.8) is 0 Å². The van der Waals surface area contributed by atoms with Crippen molar-refractivity contribution in [3.8, 4) is 0 Å². The van der Waals surface area contributed by atoms with E-state index in [2.05, 4.69) is 34.2 Å². The van der Waals surface area contributed by atoms with E-state index in [1.807, 2.05) is 28.0 Å². The molecule has 2 heterocycles. The Morgan fingerprint density at radius 1 is 1.21 bits per heavy atom. The molecular weight excluding hydrogens is 374 g/mol. The molecule has 2 N–H and O–H groups in total. The molecule has 0 saturated carbocycles. The molecule has 0 unspecified atom stereocenters. The standard InChI is InChI=1S/C20H27N5O2S/c1-2-8-22-20(28)25-10-9-21-19(27)17(25)15-18(26)24-13-11-23(12-14-24)16-6-4-3-5-7-16/h2-7,17H,1,8-15H2,(H,21,27)(H,22,28)/t17-/m1/s1. The van der Waals surface area contributed by atoms with Crippen molar-refractivity contribution in [1.82, 2.24) is 20.4 Å². The number of carbonyl (C=O) groups is 2. The van der Waals surface area contributed by atoms with Crippen LogP contribution in [0.2, 0.25) is 0 Å². The molecule has 1 aromatic carbocycles. The molecule has 1 atom stereocenters. The van der Waals surface area contributed by atoms with Crippen LogP contribution in [0.4, 0.5) is 5.69 Å². The molecule has 0 radical (unpaired) electrons. The van der Waals surface area contributed by atoms with E-state index in [9.17, 15) is 9.59 Å². The predicted octanol–water partition coefficient (Wildman–Crippen LogP) is 0.586. The van der Waals surface area contributed by atoms with Gasteiger partial charge in [0.25, 0.3) is 0 Å². The third-order valence-electron chi connectivity index (χ3n) is 5.11. The number of carbonyl (C=O) groups excluding carboxylic acids is 2. The van der Waals surface area contributed by atoms with Crippen LogP contribution >= 0.6 is 12.2 Å². The fraction of sp³-hybridized carbons (Fsp3) is 0.450. The summed E-state index contributed by atoms with van der Waals surface area (Å²) in [5.41, 5.74) is 1.17. The number of anilines is 1. The van der Waals surface area contributed by atoms with Crippen LogP contribution in [0.15, 0.2) is 43.0 Å². The Morgan fingerprint density at radius 2 is 1.93 bits per heavy atom. The molecule has 2 amide bonds. The van der Waals surface area contributed by atoms with Gasteiger partial charge < -0.3 is 25.3 Å². The van der Waals surface area contributed by atoms with Gasteiger partial charge in [0.2, 0.25) is 11.8 Å². The lowest BCUT2D eigenvalue weighted by atomic mass is 10.1. The van der Waals surface area contributed by atoms with Gasteiger partial charge in [0.15, 0.2) is 5.11 Å². The van der Waals surface area contributed by atoms with Gasteiger partial charge in [-0.15, -0.1) is 6.58 Å². The van der Waals surface area contributed by atoms with Gasteiger partial charge in [-0.2, -0.15) is 0 Å². The summed E-state index contributed by atoms with van der Waals surface area (Å²) in [4.78, 5) is 31.2. The minimum atomic E-state index is -0.571. The molecule has 3 rings (SSSR count). The third-order valence-corrected chi connectivity index (χ3v) is 5.49. The number of amides is 2. The average molecular weight is 402 g/mol. The Bertz CT molecular complexity index is 719. The third kappa shape index (κ3) is 4.81. The topological polar surface area (TPSA) is 67.9 Å². The van der Waals surface area contributed by atoms with E-state index in [1.165, 1.54) is 5.69 Å². The van der Waals surface area contributed by atoms with E-state index in [1.54, 1.807) is 6.08 Å². The maximum Gasteiger partial charge on any atom is 0.243 e. The van der Waals surface area contributed by atoms with Crippen LogP contribution in [0, 0.1) is 0 Å². The number of hydrogen-bond donors (Lipinski definition) is 2. The van der Waals surface area contributed by atoms with E-state index in [0.29, 0.717) is 37.8 Å². The molecule has 2 aliphatic heterocycles. The highest BCUT2D eigenvalue weighted by Gasteiger charge is 2.34. The number of rotatable bonds is 5. The number of benzene rings is 1. The second-order valence-electron chi connectivity index (χ2n) is 6.88. The van der Waals surface area contributed by atoms with Gasteiger partial charge in [-0.25, -0.2) is 0 Å². The highest BCUT2D eigenvalue weighted by Crippen LogP contribution is 2.17. The van der Waals surface area contributed by atoms with Crippen molar-refractivity contribution in [2.75, 3.05) is 50.7 Å². The highest BCUT2D eigenvalue weighted by atomic mass is 32.1. The summed E-state index contributed by atoms with van der Waals surface area (Å²) in [5, 5.41) is 6.39. The lowest BCUT2D eigenvalue weighted by Gasteiger charge is -2.39. The molecule has 0 aliphatic carbocycles. The van der Waals surface area contributed by atoms with Gasteiger partial charge in [0.05, 0.1) is 6.42 Å². The van der Waals surface area contributed by atoms with Crippen LogP contribution in [0.1, 0.15) is 6.42 Å². The first-order chi connectivity index (χ1) is 13.6. The fourth-order valence-corrected chi connectivity index (χ4v) is 3.87. The summed E-state index contributed by atoms with van der Waals surface area (Å²) in [7, 11) is 0. The molecule has 8 heteroatoms. The van der Waals surface area contributed by atoms with Gasteiger partial charge in [-0.3, -0.25) is 9.59 Å². The zero-order valence-electron chi connectivity index (χ0n) is 16.0. The zero-order valence-corrected chi connectivity index (χ0v) is 16.8. The molecule has 2 saturated heterocycles. The maximum atomic E-state index is 12.9. The number of nitrogens with one attached hydrogen (secondary N) is 2. The lowest BCUT2D eigenvalue weighted by molar-refractivity contribution is -0.137. The summed E-state index contributed by atoms with van der Waals surface area (Å²) in [6.07, 6.45) is 1.84. The Balaban J connectivity index is 1.57. The van der Waals surface area contributed by atoms with Crippen molar-refractivity contribution >= 4 is 34.8 Å². The van der Waals surface area contributed by atoms with Crippen LogP contribution in [0.5, 0.6) is 0 Å². The smallest absolute Gasteiger partial charge is 0.243 e. The van der Waals surface area contributed by atoms with Gasteiger partial charge in [-0.05, 0) is 24.4 Å². The highest BCUT2D eigenvalue weighted by molar-refractivity contribution is 7.80. The monoisotopic (exact) mass is 401 g/mol. The van der Waals surface area contributed by atoms with Crippen molar-refractivity contribution in [2.45, 2.75) is 12.5 Å². The summed E-state index contributed by atoms with van der Waals surface area (Å²) in [5.74, 6) is -0.156. The lowest BCUT2D eigenvalue weighted by Crippen LogP contribution is -2.61. The Morgan fingerprint density at radius 3 is 2.61 bits per heavy atom. The molecule has 2 fully saturated rings. The molecule has 0 spiro atoms. The number of piperazine rings is 2. The van der Waals surface area contributed by atoms with Crippen molar-refractivity contribution in [2.24, 2.45) is 0 Å². The van der Waals surface area contributed by atoms with Gasteiger partial charge in [0, 0.05) is 51.5 Å². The molecule has 0 aromatic heterocycles. The van der Waals surface area contributed by atoms with Crippen molar-refractivity contribution < 1.29 is 9.59 Å². The zero-order chi connectivity index (χ0) is 19.9. The number of hydrogen-bond acceptors (Lipinski definition) is 4. The molecule has 1 aromatic rings. The average Bonchev–Trinajstić information content (AvgIpc) is 2.74. The number of thiocarbonyl (C=S) groups is 1. The van der Waals surface area contributed by atoms with E-state index in [-0.39, 0.29) is 18.2 Å². The summed E-state index contributed by atoms with van der Waals surface area (Å²) in [6, 6.07) is 9.63. The van der Waals surface area contributed by atoms with Crippen LogP contribution in [-0.2, 0) is 9.59 Å². The fourth-order valence-electron chi connectivity index (χ4n) is 3.57. The Kier molecular flexibility index (Phi) is 6.86. The Hall–Kier alpha value is -2.61. The molecular formula is C20H27N5O2S. The van der Waals surface area contributed by atoms with Gasteiger partial charge in [0.1, 0.15) is 6.04 Å². The molecule has 7 nitrogen and oxygen atoms in total. The first-order valence-electron chi connectivity index (χ1n) is 9.61. The summed E-state index contributed by atoms with van der Waals surface area (Å²) in [6.45, 7) is 8.19. The molecule has 2 aliphatic rings. The molecule has 28 heavy (non-hydrogen) atoms. The van der Waals surface area contributed by atoms with Crippen LogP contribution < -0.4 is 15.5 Å². The van der Waals surface area contributed by atoms with Crippen LogP contribution in [-0.4, -0.2) is 78.6 Å². The Labute approximate surface area is 171 Å². The van der Waals surface area contributed by atoms with Crippen molar-refractivity contribution in [3.05, 3.63) is 43.0 Å².